The average Bonchev–Trinajstić information content (AvgIpc) is 3.46. The van der Waals surface area contributed by atoms with Crippen molar-refractivity contribution in [3.8, 4) is 55.6 Å². The third kappa shape index (κ3) is 3.61. The molecule has 224 valence electrons. The highest BCUT2D eigenvalue weighted by Gasteiger charge is 2.31. The number of fused-ring (bicyclic) bond motifs is 6. The molecule has 0 saturated carbocycles. The number of nitrogens with zero attached hydrogens (tertiary/aromatic N) is 1. The Kier molecular flexibility index (Phi) is 5.58. The van der Waals surface area contributed by atoms with E-state index in [0.29, 0.717) is 11.4 Å². The summed E-state index contributed by atoms with van der Waals surface area (Å²) in [5.74, 6) is 0. The lowest BCUT2D eigenvalue weighted by molar-refractivity contribution is 1.49. The van der Waals surface area contributed by atoms with Crippen molar-refractivity contribution < 1.29 is 0 Å². The first-order valence-corrected chi connectivity index (χ1v) is 16.3. The van der Waals surface area contributed by atoms with Crippen molar-refractivity contribution >= 4 is 54.7 Å². The van der Waals surface area contributed by atoms with Gasteiger partial charge in [0.05, 0.1) is 22.4 Å². The van der Waals surface area contributed by atoms with Crippen molar-refractivity contribution in [2.24, 2.45) is 0 Å². The van der Waals surface area contributed by atoms with Crippen LogP contribution in [0, 0.1) is 0 Å². The van der Waals surface area contributed by atoms with Gasteiger partial charge >= 0.3 is 0 Å². The molecule has 3 nitrogen and oxygen atoms in total. The third-order valence-corrected chi connectivity index (χ3v) is 10.1. The SMILES string of the molecule is Nc1cccc2c(-c3ccc4c5c(cccc35)-c3c-4c(-c4ccccc4)c4ccccc4c3-c3ccccc3)c3cccc(N)c3nc12. The van der Waals surface area contributed by atoms with Crippen LogP contribution in [-0.2, 0) is 0 Å². The van der Waals surface area contributed by atoms with Gasteiger partial charge in [0.15, 0.2) is 0 Å². The molecule has 4 N–H and O–H groups in total. The predicted octanol–water partition coefficient (Wildman–Crippen LogP) is 11.5. The summed E-state index contributed by atoms with van der Waals surface area (Å²) in [7, 11) is 0. The van der Waals surface area contributed by atoms with E-state index in [1.165, 1.54) is 66.1 Å². The zero-order valence-corrected chi connectivity index (χ0v) is 26.0. The Balaban J connectivity index is 1.39. The molecule has 1 heterocycles. The summed E-state index contributed by atoms with van der Waals surface area (Å²) in [4.78, 5) is 4.99. The highest BCUT2D eigenvalue weighted by Crippen LogP contribution is 2.58. The third-order valence-electron chi connectivity index (χ3n) is 10.1. The first-order chi connectivity index (χ1) is 23.7. The molecule has 0 bridgehead atoms. The molecule has 1 aromatic heterocycles. The molecule has 0 unspecified atom stereocenters. The van der Waals surface area contributed by atoms with E-state index in [1.807, 2.05) is 24.3 Å². The zero-order valence-electron chi connectivity index (χ0n) is 26.0. The fraction of sp³-hybridized carbons (Fsp3) is 0. The fourth-order valence-corrected chi connectivity index (χ4v) is 8.15. The molecule has 0 atom stereocenters. The number of pyridine rings is 1. The number of benzene rings is 8. The van der Waals surface area contributed by atoms with Crippen molar-refractivity contribution in [2.45, 2.75) is 0 Å². The highest BCUT2D eigenvalue weighted by atomic mass is 14.8. The fourth-order valence-electron chi connectivity index (χ4n) is 8.15. The van der Waals surface area contributed by atoms with Crippen LogP contribution < -0.4 is 11.5 Å². The maximum Gasteiger partial charge on any atom is 0.0946 e. The Labute approximate surface area is 277 Å². The van der Waals surface area contributed by atoms with Gasteiger partial charge in [-0.2, -0.15) is 0 Å². The van der Waals surface area contributed by atoms with Crippen LogP contribution in [0.25, 0.3) is 99.0 Å². The van der Waals surface area contributed by atoms with Crippen LogP contribution in [0.3, 0.4) is 0 Å². The van der Waals surface area contributed by atoms with Crippen LogP contribution in [0.5, 0.6) is 0 Å². The minimum absolute atomic E-state index is 0.643. The predicted molar refractivity (Wildman–Crippen MR) is 204 cm³/mol. The van der Waals surface area contributed by atoms with E-state index in [1.54, 1.807) is 0 Å². The Morgan fingerprint density at radius 3 is 1.31 bits per heavy atom. The normalized spacial score (nSPS) is 11.9. The molecule has 9 aromatic rings. The standard InChI is InChI=1S/C45H29N3/c46-36-22-10-20-34-41(35-21-11-23-37(47)45(35)48-44(34)36)31-24-25-33-40-30(31)18-9-19-32(40)42-38(26-12-3-1-4-13-26)28-16-7-8-17-29(28)39(43(33)42)27-14-5-2-6-15-27/h1-25H,46-47H2. The molecule has 0 saturated heterocycles. The molecule has 10 rings (SSSR count). The van der Waals surface area contributed by atoms with Crippen molar-refractivity contribution in [1.82, 2.24) is 4.98 Å². The lowest BCUT2D eigenvalue weighted by Gasteiger charge is -2.20. The second-order valence-corrected chi connectivity index (χ2v) is 12.6. The van der Waals surface area contributed by atoms with E-state index >= 15 is 0 Å². The van der Waals surface area contributed by atoms with Gasteiger partial charge in [0.25, 0.3) is 0 Å². The van der Waals surface area contributed by atoms with E-state index in [2.05, 4.69) is 127 Å². The Morgan fingerprint density at radius 2 is 0.750 bits per heavy atom. The lowest BCUT2D eigenvalue weighted by Crippen LogP contribution is -1.97. The zero-order chi connectivity index (χ0) is 31.9. The molecule has 0 radical (unpaired) electrons. The van der Waals surface area contributed by atoms with Crippen LogP contribution in [0.15, 0.2) is 152 Å². The minimum Gasteiger partial charge on any atom is -0.397 e. The second-order valence-electron chi connectivity index (χ2n) is 12.6. The smallest absolute Gasteiger partial charge is 0.0946 e. The Morgan fingerprint density at radius 1 is 0.312 bits per heavy atom. The summed E-state index contributed by atoms with van der Waals surface area (Å²) in [6.45, 7) is 0. The van der Waals surface area contributed by atoms with Crippen molar-refractivity contribution in [2.75, 3.05) is 11.5 Å². The van der Waals surface area contributed by atoms with Crippen LogP contribution >= 0.6 is 0 Å². The van der Waals surface area contributed by atoms with Gasteiger partial charge in [-0.05, 0) is 83.7 Å². The molecule has 0 fully saturated rings. The van der Waals surface area contributed by atoms with E-state index in [9.17, 15) is 0 Å². The van der Waals surface area contributed by atoms with Crippen LogP contribution in [-0.4, -0.2) is 4.98 Å². The second kappa shape index (κ2) is 10.0. The van der Waals surface area contributed by atoms with Gasteiger partial charge in [0.2, 0.25) is 0 Å². The summed E-state index contributed by atoms with van der Waals surface area (Å²) in [6.07, 6.45) is 0. The van der Waals surface area contributed by atoms with Gasteiger partial charge < -0.3 is 11.5 Å². The molecule has 48 heavy (non-hydrogen) atoms. The summed E-state index contributed by atoms with van der Waals surface area (Å²) in [6, 6.07) is 54.1. The average molecular weight is 612 g/mol. The van der Waals surface area contributed by atoms with Gasteiger partial charge in [-0.25, -0.2) is 4.98 Å². The van der Waals surface area contributed by atoms with E-state index < -0.39 is 0 Å². The molecule has 0 aliphatic heterocycles. The molecular weight excluding hydrogens is 583 g/mol. The van der Waals surface area contributed by atoms with Gasteiger partial charge in [-0.15, -0.1) is 0 Å². The molecule has 3 heteroatoms. The molecule has 1 aliphatic carbocycles. The van der Waals surface area contributed by atoms with Crippen LogP contribution in [0.4, 0.5) is 11.4 Å². The van der Waals surface area contributed by atoms with Crippen LogP contribution in [0.2, 0.25) is 0 Å². The topological polar surface area (TPSA) is 64.9 Å². The van der Waals surface area contributed by atoms with E-state index in [4.69, 9.17) is 16.5 Å². The number of anilines is 2. The first kappa shape index (κ1) is 26.7. The maximum absolute atomic E-state index is 6.56. The number of rotatable bonds is 3. The monoisotopic (exact) mass is 611 g/mol. The first-order valence-electron chi connectivity index (χ1n) is 16.3. The van der Waals surface area contributed by atoms with E-state index in [-0.39, 0.29) is 0 Å². The molecular formula is C45H29N3. The Hall–Kier alpha value is -6.45. The number of para-hydroxylation sites is 2. The Bertz CT molecular complexity index is 2630. The number of hydrogen-bond acceptors (Lipinski definition) is 3. The van der Waals surface area contributed by atoms with E-state index in [0.717, 1.165) is 32.9 Å². The van der Waals surface area contributed by atoms with Gasteiger partial charge in [-0.3, -0.25) is 0 Å². The summed E-state index contributed by atoms with van der Waals surface area (Å²) < 4.78 is 0. The molecule has 0 spiro atoms. The highest BCUT2D eigenvalue weighted by molar-refractivity contribution is 6.30. The minimum atomic E-state index is 0.643. The summed E-state index contributed by atoms with van der Waals surface area (Å²) in [5.41, 5.74) is 28.2. The lowest BCUT2D eigenvalue weighted by atomic mass is 9.82. The van der Waals surface area contributed by atoms with Gasteiger partial charge in [0, 0.05) is 16.3 Å². The largest absolute Gasteiger partial charge is 0.397 e. The number of aromatic nitrogens is 1. The van der Waals surface area contributed by atoms with Crippen LogP contribution in [0.1, 0.15) is 0 Å². The summed E-state index contributed by atoms with van der Waals surface area (Å²) in [5, 5.41) is 7.00. The quantitative estimate of drug-likeness (QED) is 0.154. The number of nitrogens with two attached hydrogens (primary N) is 2. The van der Waals surface area contributed by atoms with Gasteiger partial charge in [-0.1, -0.05) is 140 Å². The van der Waals surface area contributed by atoms with Crippen molar-refractivity contribution in [3.63, 3.8) is 0 Å². The molecule has 0 amide bonds. The number of hydrogen-bond donors (Lipinski definition) is 2. The molecule has 8 aromatic carbocycles. The summed E-state index contributed by atoms with van der Waals surface area (Å²) >= 11 is 0. The maximum atomic E-state index is 6.56. The number of nitrogen functional groups attached to an aromatic ring is 2. The molecule has 1 aliphatic rings. The van der Waals surface area contributed by atoms with Gasteiger partial charge in [0.1, 0.15) is 0 Å². The van der Waals surface area contributed by atoms with Crippen molar-refractivity contribution in [1.29, 1.82) is 0 Å². The van der Waals surface area contributed by atoms with Crippen molar-refractivity contribution in [3.05, 3.63) is 152 Å².